The molecule has 0 spiro atoms. The second kappa shape index (κ2) is 3.86. The number of rotatable bonds is 0. The van der Waals surface area contributed by atoms with Crippen molar-refractivity contribution in [1.82, 2.24) is 0 Å². The summed E-state index contributed by atoms with van der Waals surface area (Å²) in [6.45, 7) is 2.60. The van der Waals surface area contributed by atoms with Gasteiger partial charge in [0.15, 0.2) is 21.3 Å². The van der Waals surface area contributed by atoms with Gasteiger partial charge in [0.25, 0.3) is 0 Å². The molecule has 1 aromatic carbocycles. The van der Waals surface area contributed by atoms with E-state index in [1.807, 2.05) is 0 Å². The summed E-state index contributed by atoms with van der Waals surface area (Å²) < 4.78 is 35.4. The van der Waals surface area contributed by atoms with Gasteiger partial charge in [-0.1, -0.05) is 0 Å². The SMILES string of the molecule is CC1CC(N)c2cc3c(cc2S1(=O)=O)OCCO3. The summed E-state index contributed by atoms with van der Waals surface area (Å²) in [5.41, 5.74) is 6.67. The van der Waals surface area contributed by atoms with E-state index in [4.69, 9.17) is 15.2 Å². The molecule has 0 aliphatic carbocycles. The van der Waals surface area contributed by atoms with Crippen LogP contribution >= 0.6 is 0 Å². The van der Waals surface area contributed by atoms with Crippen LogP contribution in [0.3, 0.4) is 0 Å². The quantitative estimate of drug-likeness (QED) is 0.761. The van der Waals surface area contributed by atoms with Crippen LogP contribution in [-0.2, 0) is 9.84 Å². The Balaban J connectivity index is 2.23. The van der Waals surface area contributed by atoms with Gasteiger partial charge in [-0.3, -0.25) is 0 Å². The van der Waals surface area contributed by atoms with E-state index in [1.165, 1.54) is 0 Å². The first kappa shape index (κ1) is 11.8. The number of benzene rings is 1. The second-order valence-corrected chi connectivity index (χ2v) is 7.07. The molecule has 2 aliphatic rings. The first-order valence-corrected chi connectivity index (χ1v) is 7.48. The Bertz CT molecular complexity index is 596. The van der Waals surface area contributed by atoms with Gasteiger partial charge >= 0.3 is 0 Å². The van der Waals surface area contributed by atoms with Crippen molar-refractivity contribution in [3.63, 3.8) is 0 Å². The zero-order valence-electron chi connectivity index (χ0n) is 10.0. The first-order chi connectivity index (χ1) is 8.50. The second-order valence-electron chi connectivity index (χ2n) is 4.73. The zero-order chi connectivity index (χ0) is 12.9. The molecule has 2 atom stereocenters. The predicted octanol–water partition coefficient (Wildman–Crippen LogP) is 1.02. The van der Waals surface area contributed by atoms with Crippen LogP contribution in [0.25, 0.3) is 0 Å². The lowest BCUT2D eigenvalue weighted by Gasteiger charge is -2.29. The fourth-order valence-corrected chi connectivity index (χ4v) is 4.15. The van der Waals surface area contributed by atoms with Crippen LogP contribution in [0.4, 0.5) is 0 Å². The molecule has 0 fully saturated rings. The molecule has 6 heteroatoms. The molecule has 0 amide bonds. The lowest BCUT2D eigenvalue weighted by Crippen LogP contribution is -2.31. The van der Waals surface area contributed by atoms with Gasteiger partial charge < -0.3 is 15.2 Å². The molecular weight excluding hydrogens is 254 g/mol. The Labute approximate surface area is 106 Å². The maximum atomic E-state index is 12.3. The van der Waals surface area contributed by atoms with E-state index in [-0.39, 0.29) is 10.9 Å². The van der Waals surface area contributed by atoms with Crippen molar-refractivity contribution in [3.8, 4) is 11.5 Å². The number of hydrogen-bond acceptors (Lipinski definition) is 5. The van der Waals surface area contributed by atoms with Crippen molar-refractivity contribution >= 4 is 9.84 Å². The van der Waals surface area contributed by atoms with Crippen molar-refractivity contribution < 1.29 is 17.9 Å². The largest absolute Gasteiger partial charge is 0.486 e. The van der Waals surface area contributed by atoms with E-state index in [0.29, 0.717) is 36.7 Å². The Hall–Kier alpha value is -1.27. The Morgan fingerprint density at radius 1 is 1.22 bits per heavy atom. The lowest BCUT2D eigenvalue weighted by atomic mass is 10.0. The molecule has 0 aromatic heterocycles. The van der Waals surface area contributed by atoms with Gasteiger partial charge in [-0.15, -0.1) is 0 Å². The average molecular weight is 269 g/mol. The van der Waals surface area contributed by atoms with Crippen LogP contribution < -0.4 is 15.2 Å². The lowest BCUT2D eigenvalue weighted by molar-refractivity contribution is 0.170. The monoisotopic (exact) mass is 269 g/mol. The highest BCUT2D eigenvalue weighted by molar-refractivity contribution is 7.92. The summed E-state index contributed by atoms with van der Waals surface area (Å²) in [6.07, 6.45) is 0.439. The third kappa shape index (κ3) is 1.59. The molecule has 2 N–H and O–H groups in total. The smallest absolute Gasteiger partial charge is 0.181 e. The topological polar surface area (TPSA) is 78.6 Å². The molecule has 2 heterocycles. The molecule has 0 saturated carbocycles. The maximum Gasteiger partial charge on any atom is 0.181 e. The van der Waals surface area contributed by atoms with Crippen molar-refractivity contribution in [1.29, 1.82) is 0 Å². The van der Waals surface area contributed by atoms with Gasteiger partial charge in [0.2, 0.25) is 0 Å². The summed E-state index contributed by atoms with van der Waals surface area (Å²) in [6, 6.07) is 2.99. The third-order valence-electron chi connectivity index (χ3n) is 3.50. The van der Waals surface area contributed by atoms with E-state index >= 15 is 0 Å². The van der Waals surface area contributed by atoms with Crippen molar-refractivity contribution in [2.45, 2.75) is 29.5 Å². The van der Waals surface area contributed by atoms with Crippen molar-refractivity contribution in [3.05, 3.63) is 17.7 Å². The van der Waals surface area contributed by atoms with E-state index in [2.05, 4.69) is 0 Å². The fraction of sp³-hybridized carbons (Fsp3) is 0.500. The Morgan fingerprint density at radius 2 is 1.83 bits per heavy atom. The highest BCUT2D eigenvalue weighted by Gasteiger charge is 2.36. The van der Waals surface area contributed by atoms with Gasteiger partial charge in [0.1, 0.15) is 13.2 Å². The standard InChI is InChI=1S/C12H15NO4S/c1-7-4-9(13)8-5-10-11(17-3-2-16-10)6-12(8)18(7,14)15/h5-7,9H,2-4,13H2,1H3. The molecule has 3 rings (SSSR count). The molecule has 0 saturated heterocycles. The number of nitrogens with two attached hydrogens (primary N) is 1. The number of fused-ring (bicyclic) bond motifs is 2. The molecule has 5 nitrogen and oxygen atoms in total. The van der Waals surface area contributed by atoms with Gasteiger partial charge in [0.05, 0.1) is 10.1 Å². The van der Waals surface area contributed by atoms with Gasteiger partial charge in [-0.2, -0.15) is 0 Å². The van der Waals surface area contributed by atoms with Gasteiger partial charge in [0, 0.05) is 12.1 Å². The number of ether oxygens (including phenoxy) is 2. The van der Waals surface area contributed by atoms with Crippen LogP contribution in [-0.4, -0.2) is 26.9 Å². The molecule has 2 unspecified atom stereocenters. The van der Waals surface area contributed by atoms with E-state index < -0.39 is 15.1 Å². The van der Waals surface area contributed by atoms with Crippen LogP contribution in [0.15, 0.2) is 17.0 Å². The highest BCUT2D eigenvalue weighted by Crippen LogP contribution is 2.42. The minimum absolute atomic E-state index is 0.269. The van der Waals surface area contributed by atoms with E-state index in [1.54, 1.807) is 19.1 Å². The molecular formula is C12H15NO4S. The minimum Gasteiger partial charge on any atom is -0.486 e. The number of hydrogen-bond donors (Lipinski definition) is 1. The Kier molecular flexibility index (Phi) is 2.53. The normalized spacial score (nSPS) is 28.6. The molecule has 0 radical (unpaired) electrons. The summed E-state index contributed by atoms with van der Waals surface area (Å²) >= 11 is 0. The van der Waals surface area contributed by atoms with Crippen molar-refractivity contribution in [2.24, 2.45) is 5.73 Å². The minimum atomic E-state index is -3.30. The average Bonchev–Trinajstić information content (AvgIpc) is 2.35. The summed E-state index contributed by atoms with van der Waals surface area (Å²) in [7, 11) is -3.30. The third-order valence-corrected chi connectivity index (χ3v) is 5.71. The molecule has 1 aromatic rings. The summed E-state index contributed by atoms with van der Waals surface area (Å²) in [5, 5.41) is -0.456. The van der Waals surface area contributed by atoms with Crippen LogP contribution in [0.5, 0.6) is 11.5 Å². The van der Waals surface area contributed by atoms with Crippen molar-refractivity contribution in [2.75, 3.05) is 13.2 Å². The maximum absolute atomic E-state index is 12.3. The highest BCUT2D eigenvalue weighted by atomic mass is 32.2. The van der Waals surface area contributed by atoms with Crippen LogP contribution in [0.1, 0.15) is 24.9 Å². The van der Waals surface area contributed by atoms with E-state index in [0.717, 1.165) is 0 Å². The van der Waals surface area contributed by atoms with Gasteiger partial charge in [-0.25, -0.2) is 8.42 Å². The van der Waals surface area contributed by atoms with Gasteiger partial charge in [-0.05, 0) is 25.0 Å². The zero-order valence-corrected chi connectivity index (χ0v) is 10.9. The number of sulfone groups is 1. The van der Waals surface area contributed by atoms with E-state index in [9.17, 15) is 8.42 Å². The Morgan fingerprint density at radius 3 is 2.50 bits per heavy atom. The molecule has 98 valence electrons. The molecule has 18 heavy (non-hydrogen) atoms. The van der Waals surface area contributed by atoms with Crippen LogP contribution in [0.2, 0.25) is 0 Å². The van der Waals surface area contributed by atoms with Crippen LogP contribution in [0, 0.1) is 0 Å². The fourth-order valence-electron chi connectivity index (χ4n) is 2.45. The molecule has 0 bridgehead atoms. The summed E-state index contributed by atoms with van der Waals surface area (Å²) in [5.74, 6) is 1.07. The molecule has 2 aliphatic heterocycles. The predicted molar refractivity (Wildman–Crippen MR) is 65.6 cm³/mol. The summed E-state index contributed by atoms with van der Waals surface area (Å²) in [4.78, 5) is 0.290. The first-order valence-electron chi connectivity index (χ1n) is 5.93.